The minimum atomic E-state index is -0.177. The van der Waals surface area contributed by atoms with Crippen LogP contribution in [0.1, 0.15) is 51.8 Å². The van der Waals surface area contributed by atoms with Crippen molar-refractivity contribution in [3.05, 3.63) is 47.3 Å². The summed E-state index contributed by atoms with van der Waals surface area (Å²) in [5, 5.41) is 5.77. The van der Waals surface area contributed by atoms with Crippen LogP contribution in [0.15, 0.2) is 24.5 Å². The van der Waals surface area contributed by atoms with E-state index in [4.69, 9.17) is 4.74 Å². The number of carbonyl (C=O) groups is 2. The number of hydrogen-bond acceptors (Lipinski definition) is 5. The number of carbonyl (C=O) groups excluding carboxylic acids is 2. The molecule has 0 spiro atoms. The molecule has 0 radical (unpaired) electrons. The number of aromatic nitrogens is 3. The molecular weight excluding hydrogens is 346 g/mol. The van der Waals surface area contributed by atoms with Crippen LogP contribution >= 0.6 is 0 Å². The summed E-state index contributed by atoms with van der Waals surface area (Å²) in [5.41, 5.74) is 2.01. The van der Waals surface area contributed by atoms with Gasteiger partial charge in [-0.15, -0.1) is 0 Å². The number of nitrogens with one attached hydrogen (secondary N) is 2. The molecule has 2 aromatic heterocycles. The molecule has 1 atom stereocenters. The molecule has 1 aliphatic heterocycles. The number of fused-ring (bicyclic) bond motifs is 1. The quantitative estimate of drug-likeness (QED) is 0.678. The third kappa shape index (κ3) is 4.33. The summed E-state index contributed by atoms with van der Waals surface area (Å²) >= 11 is 0. The van der Waals surface area contributed by atoms with Crippen molar-refractivity contribution in [3.8, 4) is 0 Å². The standard InChI is InChI=1S/C19H25N5O3/c1-3-14-5-4-13(10-21-14)18(25)23-11-15-6-7-17-22-12-16(24(15)17)19(26)20-8-9-27-2/h4-5,10,12,15H,3,6-9,11H2,1-2H3,(H,20,26)(H,23,25). The summed E-state index contributed by atoms with van der Waals surface area (Å²) in [7, 11) is 1.59. The Morgan fingerprint density at radius 3 is 2.78 bits per heavy atom. The molecule has 0 fully saturated rings. The highest BCUT2D eigenvalue weighted by atomic mass is 16.5. The molecule has 0 bridgehead atoms. The van der Waals surface area contributed by atoms with E-state index < -0.39 is 0 Å². The number of pyridine rings is 1. The van der Waals surface area contributed by atoms with Crippen molar-refractivity contribution in [2.75, 3.05) is 26.8 Å². The second-order valence-electron chi connectivity index (χ2n) is 6.47. The monoisotopic (exact) mass is 371 g/mol. The van der Waals surface area contributed by atoms with Crippen LogP contribution in [0.4, 0.5) is 0 Å². The van der Waals surface area contributed by atoms with Gasteiger partial charge >= 0.3 is 0 Å². The zero-order chi connectivity index (χ0) is 19.2. The molecule has 1 aliphatic rings. The van der Waals surface area contributed by atoms with Crippen LogP contribution in [0.25, 0.3) is 0 Å². The minimum Gasteiger partial charge on any atom is -0.383 e. The zero-order valence-electron chi connectivity index (χ0n) is 15.7. The van der Waals surface area contributed by atoms with Gasteiger partial charge in [-0.2, -0.15) is 0 Å². The van der Waals surface area contributed by atoms with Crippen molar-refractivity contribution >= 4 is 11.8 Å². The molecule has 3 rings (SSSR count). The van der Waals surface area contributed by atoms with Crippen molar-refractivity contribution in [2.24, 2.45) is 0 Å². The van der Waals surface area contributed by atoms with Crippen LogP contribution in [-0.4, -0.2) is 53.2 Å². The third-order valence-electron chi connectivity index (χ3n) is 4.71. The molecule has 8 heteroatoms. The number of nitrogens with zero attached hydrogens (tertiary/aromatic N) is 3. The van der Waals surface area contributed by atoms with E-state index in [1.807, 2.05) is 17.6 Å². The fraction of sp³-hybridized carbons (Fsp3) is 0.474. The number of imidazole rings is 1. The van der Waals surface area contributed by atoms with E-state index in [1.54, 1.807) is 25.6 Å². The van der Waals surface area contributed by atoms with Gasteiger partial charge in [0.15, 0.2) is 0 Å². The molecule has 2 N–H and O–H groups in total. The Morgan fingerprint density at radius 1 is 1.22 bits per heavy atom. The molecule has 1 unspecified atom stereocenters. The fourth-order valence-electron chi connectivity index (χ4n) is 3.22. The number of rotatable bonds is 8. The van der Waals surface area contributed by atoms with Gasteiger partial charge in [-0.25, -0.2) is 4.98 Å². The Labute approximate surface area is 158 Å². The van der Waals surface area contributed by atoms with Gasteiger partial charge in [0.2, 0.25) is 0 Å². The number of amides is 2. The molecule has 0 saturated carbocycles. The van der Waals surface area contributed by atoms with Crippen molar-refractivity contribution in [1.29, 1.82) is 0 Å². The summed E-state index contributed by atoms with van der Waals surface area (Å²) in [6.45, 7) is 3.36. The largest absolute Gasteiger partial charge is 0.383 e. The van der Waals surface area contributed by atoms with E-state index in [-0.39, 0.29) is 17.9 Å². The van der Waals surface area contributed by atoms with Gasteiger partial charge in [-0.05, 0) is 25.0 Å². The zero-order valence-corrected chi connectivity index (χ0v) is 15.7. The highest BCUT2D eigenvalue weighted by Crippen LogP contribution is 2.26. The second kappa shape index (κ2) is 8.77. The maximum absolute atomic E-state index is 12.4. The maximum Gasteiger partial charge on any atom is 0.269 e. The average molecular weight is 371 g/mol. The second-order valence-corrected chi connectivity index (χ2v) is 6.47. The van der Waals surface area contributed by atoms with Crippen LogP contribution in [0, 0.1) is 0 Å². The first-order valence-corrected chi connectivity index (χ1v) is 9.20. The van der Waals surface area contributed by atoms with E-state index in [1.165, 1.54) is 0 Å². The van der Waals surface area contributed by atoms with Crippen molar-refractivity contribution in [2.45, 2.75) is 32.2 Å². The Morgan fingerprint density at radius 2 is 2.07 bits per heavy atom. The van der Waals surface area contributed by atoms with Crippen LogP contribution in [0.2, 0.25) is 0 Å². The lowest BCUT2D eigenvalue weighted by atomic mass is 10.2. The summed E-state index contributed by atoms with van der Waals surface area (Å²) in [6.07, 6.45) is 5.66. The fourth-order valence-corrected chi connectivity index (χ4v) is 3.22. The van der Waals surface area contributed by atoms with E-state index in [0.717, 1.165) is 30.8 Å². The Bertz CT molecular complexity index is 800. The van der Waals surface area contributed by atoms with Gasteiger partial charge in [-0.1, -0.05) is 6.92 Å². The van der Waals surface area contributed by atoms with Gasteiger partial charge < -0.3 is 19.9 Å². The molecule has 3 heterocycles. The lowest BCUT2D eigenvalue weighted by molar-refractivity contribution is 0.0926. The van der Waals surface area contributed by atoms with Crippen LogP contribution in [0.5, 0.6) is 0 Å². The highest BCUT2D eigenvalue weighted by molar-refractivity contribution is 5.94. The van der Waals surface area contributed by atoms with Crippen LogP contribution < -0.4 is 10.6 Å². The van der Waals surface area contributed by atoms with E-state index >= 15 is 0 Å². The van der Waals surface area contributed by atoms with Gasteiger partial charge in [0.05, 0.1) is 24.4 Å². The Kier molecular flexibility index (Phi) is 6.18. The Hall–Kier alpha value is -2.74. The van der Waals surface area contributed by atoms with Gasteiger partial charge in [0.25, 0.3) is 11.8 Å². The van der Waals surface area contributed by atoms with Crippen LogP contribution in [0.3, 0.4) is 0 Å². The molecular formula is C19H25N5O3. The lowest BCUT2D eigenvalue weighted by Crippen LogP contribution is -2.33. The van der Waals surface area contributed by atoms with Gasteiger partial charge in [0.1, 0.15) is 11.5 Å². The number of aryl methyl sites for hydroxylation is 2. The van der Waals surface area contributed by atoms with Crippen molar-refractivity contribution in [3.63, 3.8) is 0 Å². The Balaban J connectivity index is 1.62. The highest BCUT2D eigenvalue weighted by Gasteiger charge is 2.28. The molecule has 2 amide bonds. The summed E-state index contributed by atoms with van der Waals surface area (Å²) < 4.78 is 6.89. The predicted molar refractivity (Wildman–Crippen MR) is 99.7 cm³/mol. The molecule has 27 heavy (non-hydrogen) atoms. The first kappa shape index (κ1) is 19.0. The first-order valence-electron chi connectivity index (χ1n) is 9.20. The normalized spacial score (nSPS) is 15.4. The number of ether oxygens (including phenoxy) is 1. The predicted octanol–water partition coefficient (Wildman–Crippen LogP) is 1.13. The number of hydrogen-bond donors (Lipinski definition) is 2. The van der Waals surface area contributed by atoms with Crippen molar-refractivity contribution < 1.29 is 14.3 Å². The van der Waals surface area contributed by atoms with E-state index in [9.17, 15) is 9.59 Å². The summed E-state index contributed by atoms with van der Waals surface area (Å²) in [4.78, 5) is 33.4. The smallest absolute Gasteiger partial charge is 0.269 e. The molecule has 0 aromatic carbocycles. The lowest BCUT2D eigenvalue weighted by Gasteiger charge is -2.17. The molecule has 2 aromatic rings. The first-order chi connectivity index (χ1) is 13.1. The topological polar surface area (TPSA) is 98.1 Å². The van der Waals surface area contributed by atoms with E-state index in [0.29, 0.717) is 31.0 Å². The molecule has 0 saturated heterocycles. The molecule has 8 nitrogen and oxygen atoms in total. The third-order valence-corrected chi connectivity index (χ3v) is 4.71. The van der Waals surface area contributed by atoms with Crippen LogP contribution in [-0.2, 0) is 17.6 Å². The average Bonchev–Trinajstić information content (AvgIpc) is 3.28. The summed E-state index contributed by atoms with van der Waals surface area (Å²) in [6, 6.07) is 3.66. The van der Waals surface area contributed by atoms with E-state index in [2.05, 4.69) is 20.6 Å². The van der Waals surface area contributed by atoms with Gasteiger partial charge in [-0.3, -0.25) is 14.6 Å². The van der Waals surface area contributed by atoms with Gasteiger partial charge in [0, 0.05) is 38.5 Å². The number of methoxy groups -OCH3 is 1. The molecule has 144 valence electrons. The SMILES string of the molecule is CCc1ccc(C(=O)NCC2CCc3ncc(C(=O)NCCOC)n32)cn1. The molecule has 0 aliphatic carbocycles. The summed E-state index contributed by atoms with van der Waals surface area (Å²) in [5.74, 6) is 0.535. The maximum atomic E-state index is 12.4. The minimum absolute atomic E-state index is 0.0116. The van der Waals surface area contributed by atoms with Crippen molar-refractivity contribution in [1.82, 2.24) is 25.2 Å².